The van der Waals surface area contributed by atoms with Crippen molar-refractivity contribution in [3.8, 4) is 11.1 Å². The van der Waals surface area contributed by atoms with Crippen LogP contribution in [0.25, 0.3) is 11.1 Å². The van der Waals surface area contributed by atoms with E-state index in [2.05, 4.69) is 0 Å². The Morgan fingerprint density at radius 2 is 1.68 bits per heavy atom. The van der Waals surface area contributed by atoms with Crippen LogP contribution in [0.3, 0.4) is 0 Å². The van der Waals surface area contributed by atoms with E-state index in [0.717, 1.165) is 21.7 Å². The maximum absolute atomic E-state index is 8.92. The lowest BCUT2D eigenvalue weighted by Gasteiger charge is -2.12. The van der Waals surface area contributed by atoms with E-state index in [9.17, 15) is 0 Å². The highest BCUT2D eigenvalue weighted by atomic mass is 35.5. The summed E-state index contributed by atoms with van der Waals surface area (Å²) in [6, 6.07) is 15.6. The van der Waals surface area contributed by atoms with Crippen LogP contribution in [0, 0.1) is 0 Å². The Balaban J connectivity index is 0.00000180. The lowest BCUT2D eigenvalue weighted by atomic mass is 9.98. The standard InChI is InChI=1S/C15H16ClNO.ClH/c16-14-6-2-4-12(10-14)11-3-1-5-13(9-11)15(17)7-8-18;/h1-6,9-10,15,18H,7-8,17H2;1H. The third kappa shape index (κ3) is 4.22. The molecule has 1 unspecified atom stereocenters. The van der Waals surface area contributed by atoms with Crippen LogP contribution in [-0.2, 0) is 0 Å². The van der Waals surface area contributed by atoms with Crippen LogP contribution in [0.2, 0.25) is 5.02 Å². The second kappa shape index (κ2) is 7.51. The average Bonchev–Trinajstić information content (AvgIpc) is 2.39. The summed E-state index contributed by atoms with van der Waals surface area (Å²) in [4.78, 5) is 0. The Morgan fingerprint density at radius 1 is 1.05 bits per heavy atom. The van der Waals surface area contributed by atoms with Gasteiger partial charge < -0.3 is 10.8 Å². The summed E-state index contributed by atoms with van der Waals surface area (Å²) in [5, 5.41) is 9.64. The topological polar surface area (TPSA) is 46.2 Å². The Labute approximate surface area is 124 Å². The molecule has 0 spiro atoms. The van der Waals surface area contributed by atoms with Gasteiger partial charge in [-0.2, -0.15) is 0 Å². The molecule has 19 heavy (non-hydrogen) atoms. The molecule has 0 aromatic heterocycles. The van der Waals surface area contributed by atoms with Gasteiger partial charge >= 0.3 is 0 Å². The molecule has 0 saturated carbocycles. The van der Waals surface area contributed by atoms with Crippen molar-refractivity contribution in [1.29, 1.82) is 0 Å². The molecule has 2 aromatic rings. The first-order valence-corrected chi connectivity index (χ1v) is 6.31. The Bertz CT molecular complexity index is 531. The number of halogens is 2. The molecule has 0 aliphatic carbocycles. The zero-order chi connectivity index (χ0) is 13.0. The molecule has 0 fully saturated rings. The van der Waals surface area contributed by atoms with Gasteiger partial charge in [-0.25, -0.2) is 0 Å². The predicted octanol–water partition coefficient (Wildman–Crippen LogP) is 3.81. The van der Waals surface area contributed by atoms with Gasteiger partial charge in [0.2, 0.25) is 0 Å². The zero-order valence-electron chi connectivity index (χ0n) is 10.4. The third-order valence-electron chi connectivity index (χ3n) is 2.91. The number of rotatable bonds is 4. The number of hydrogen-bond donors (Lipinski definition) is 2. The SMILES string of the molecule is Cl.NC(CCO)c1cccc(-c2cccc(Cl)c2)c1. The van der Waals surface area contributed by atoms with Gasteiger partial charge in [0.1, 0.15) is 0 Å². The fourth-order valence-electron chi connectivity index (χ4n) is 1.92. The first-order valence-electron chi connectivity index (χ1n) is 5.93. The summed E-state index contributed by atoms with van der Waals surface area (Å²) in [5.74, 6) is 0. The van der Waals surface area contributed by atoms with Crippen LogP contribution in [-0.4, -0.2) is 11.7 Å². The van der Waals surface area contributed by atoms with Gasteiger partial charge in [-0.1, -0.05) is 41.9 Å². The van der Waals surface area contributed by atoms with Crippen molar-refractivity contribution in [2.75, 3.05) is 6.61 Å². The molecule has 0 amide bonds. The van der Waals surface area contributed by atoms with E-state index in [1.165, 1.54) is 0 Å². The highest BCUT2D eigenvalue weighted by molar-refractivity contribution is 6.30. The van der Waals surface area contributed by atoms with Crippen molar-refractivity contribution < 1.29 is 5.11 Å². The molecule has 0 aliphatic rings. The van der Waals surface area contributed by atoms with Crippen LogP contribution in [0.15, 0.2) is 48.5 Å². The average molecular weight is 298 g/mol. The van der Waals surface area contributed by atoms with Gasteiger partial charge in [0.05, 0.1) is 0 Å². The summed E-state index contributed by atoms with van der Waals surface area (Å²) >= 11 is 5.99. The number of hydrogen-bond acceptors (Lipinski definition) is 2. The molecule has 0 radical (unpaired) electrons. The van der Waals surface area contributed by atoms with E-state index < -0.39 is 0 Å². The van der Waals surface area contributed by atoms with Gasteiger partial charge in [-0.05, 0) is 41.3 Å². The molecule has 2 rings (SSSR count). The monoisotopic (exact) mass is 297 g/mol. The quantitative estimate of drug-likeness (QED) is 0.901. The summed E-state index contributed by atoms with van der Waals surface area (Å²) in [7, 11) is 0. The van der Waals surface area contributed by atoms with E-state index in [0.29, 0.717) is 6.42 Å². The molecule has 2 aromatic carbocycles. The van der Waals surface area contributed by atoms with Crippen molar-refractivity contribution in [3.63, 3.8) is 0 Å². The summed E-state index contributed by atoms with van der Waals surface area (Å²) in [5.41, 5.74) is 9.18. The van der Waals surface area contributed by atoms with Crippen molar-refractivity contribution in [2.24, 2.45) is 5.73 Å². The summed E-state index contributed by atoms with van der Waals surface area (Å²) in [6.07, 6.45) is 0.568. The molecular formula is C15H17Cl2NO. The van der Waals surface area contributed by atoms with Gasteiger partial charge in [0.25, 0.3) is 0 Å². The molecular weight excluding hydrogens is 281 g/mol. The van der Waals surface area contributed by atoms with Crippen molar-refractivity contribution in [3.05, 3.63) is 59.1 Å². The number of aliphatic hydroxyl groups is 1. The lowest BCUT2D eigenvalue weighted by Crippen LogP contribution is -2.11. The normalized spacial score (nSPS) is 11.7. The number of benzene rings is 2. The molecule has 4 heteroatoms. The Kier molecular flexibility index (Phi) is 6.32. The minimum absolute atomic E-state index is 0. The third-order valence-corrected chi connectivity index (χ3v) is 3.15. The maximum Gasteiger partial charge on any atom is 0.0449 e. The van der Waals surface area contributed by atoms with Crippen LogP contribution in [0.1, 0.15) is 18.0 Å². The van der Waals surface area contributed by atoms with Gasteiger partial charge in [0, 0.05) is 17.7 Å². The van der Waals surface area contributed by atoms with Gasteiger partial charge in [-0.15, -0.1) is 12.4 Å². The second-order valence-electron chi connectivity index (χ2n) is 4.25. The predicted molar refractivity (Wildman–Crippen MR) is 82.8 cm³/mol. The zero-order valence-corrected chi connectivity index (χ0v) is 12.0. The molecule has 0 bridgehead atoms. The smallest absolute Gasteiger partial charge is 0.0449 e. The molecule has 1 atom stereocenters. The van der Waals surface area contributed by atoms with Crippen LogP contribution < -0.4 is 5.73 Å². The Hall–Kier alpha value is -1.06. The fourth-order valence-corrected chi connectivity index (χ4v) is 2.11. The number of aliphatic hydroxyl groups excluding tert-OH is 1. The second-order valence-corrected chi connectivity index (χ2v) is 4.69. The van der Waals surface area contributed by atoms with Crippen molar-refractivity contribution >= 4 is 24.0 Å². The van der Waals surface area contributed by atoms with E-state index in [4.69, 9.17) is 22.4 Å². The lowest BCUT2D eigenvalue weighted by molar-refractivity contribution is 0.276. The van der Waals surface area contributed by atoms with Crippen LogP contribution >= 0.6 is 24.0 Å². The first kappa shape index (κ1) is 16.0. The van der Waals surface area contributed by atoms with Crippen LogP contribution in [0.5, 0.6) is 0 Å². The molecule has 3 N–H and O–H groups in total. The van der Waals surface area contributed by atoms with E-state index >= 15 is 0 Å². The molecule has 102 valence electrons. The van der Waals surface area contributed by atoms with Gasteiger partial charge in [-0.3, -0.25) is 0 Å². The van der Waals surface area contributed by atoms with E-state index in [-0.39, 0.29) is 25.1 Å². The van der Waals surface area contributed by atoms with Gasteiger partial charge in [0.15, 0.2) is 0 Å². The summed E-state index contributed by atoms with van der Waals surface area (Å²) < 4.78 is 0. The molecule has 0 aliphatic heterocycles. The maximum atomic E-state index is 8.92. The Morgan fingerprint density at radius 3 is 2.32 bits per heavy atom. The fraction of sp³-hybridized carbons (Fsp3) is 0.200. The van der Waals surface area contributed by atoms with Crippen LogP contribution in [0.4, 0.5) is 0 Å². The largest absolute Gasteiger partial charge is 0.396 e. The van der Waals surface area contributed by atoms with Crippen molar-refractivity contribution in [1.82, 2.24) is 0 Å². The first-order chi connectivity index (χ1) is 8.70. The summed E-state index contributed by atoms with van der Waals surface area (Å²) in [6.45, 7) is 0.0998. The van der Waals surface area contributed by atoms with E-state index in [1.54, 1.807) is 0 Å². The van der Waals surface area contributed by atoms with E-state index in [1.807, 2.05) is 48.5 Å². The highest BCUT2D eigenvalue weighted by Crippen LogP contribution is 2.25. The molecule has 0 heterocycles. The molecule has 0 saturated heterocycles. The number of nitrogens with two attached hydrogens (primary N) is 1. The minimum atomic E-state index is -0.130. The molecule has 2 nitrogen and oxygen atoms in total. The highest BCUT2D eigenvalue weighted by Gasteiger charge is 2.06. The van der Waals surface area contributed by atoms with Crippen molar-refractivity contribution in [2.45, 2.75) is 12.5 Å². The minimum Gasteiger partial charge on any atom is -0.396 e.